The van der Waals surface area contributed by atoms with Gasteiger partial charge in [0.15, 0.2) is 0 Å². The van der Waals surface area contributed by atoms with Gasteiger partial charge in [0.2, 0.25) is 0 Å². The molecule has 78 valence electrons. The highest BCUT2D eigenvalue weighted by Gasteiger charge is 2.20. The summed E-state index contributed by atoms with van der Waals surface area (Å²) >= 11 is 0. The molecule has 0 aliphatic carbocycles. The van der Waals surface area contributed by atoms with E-state index in [2.05, 4.69) is 19.9 Å². The third-order valence-electron chi connectivity index (χ3n) is 2.40. The summed E-state index contributed by atoms with van der Waals surface area (Å²) in [4.78, 5) is 0. The standard InChI is InChI=1S/C11H22O2/c1-5-7-11(3,13-4)8-6-10(2)9-12/h6,12H,5,7-9H2,1-4H3/b10-6+. The van der Waals surface area contributed by atoms with Crippen LogP contribution in [-0.4, -0.2) is 24.4 Å². The fraction of sp³-hybridized carbons (Fsp3) is 0.818. The smallest absolute Gasteiger partial charge is 0.0685 e. The molecule has 1 N–H and O–H groups in total. The molecule has 0 saturated carbocycles. The lowest BCUT2D eigenvalue weighted by atomic mass is 9.95. The summed E-state index contributed by atoms with van der Waals surface area (Å²) < 4.78 is 5.45. The Bertz CT molecular complexity index is 163. The molecule has 0 aliphatic heterocycles. The molecule has 0 heterocycles. The molecule has 1 unspecified atom stereocenters. The van der Waals surface area contributed by atoms with Crippen LogP contribution in [0.5, 0.6) is 0 Å². The van der Waals surface area contributed by atoms with Gasteiger partial charge in [-0.3, -0.25) is 0 Å². The van der Waals surface area contributed by atoms with Crippen LogP contribution in [0.2, 0.25) is 0 Å². The molecule has 2 nitrogen and oxygen atoms in total. The van der Waals surface area contributed by atoms with Gasteiger partial charge in [0.1, 0.15) is 0 Å². The van der Waals surface area contributed by atoms with E-state index in [9.17, 15) is 0 Å². The first-order chi connectivity index (χ1) is 6.08. The van der Waals surface area contributed by atoms with Crippen LogP contribution in [0.1, 0.15) is 40.0 Å². The average molecular weight is 186 g/mol. The number of hydrogen-bond donors (Lipinski definition) is 1. The van der Waals surface area contributed by atoms with E-state index in [1.54, 1.807) is 7.11 Å². The normalized spacial score (nSPS) is 17.2. The minimum Gasteiger partial charge on any atom is -0.392 e. The summed E-state index contributed by atoms with van der Waals surface area (Å²) in [6, 6.07) is 0. The van der Waals surface area contributed by atoms with Crippen LogP contribution in [-0.2, 0) is 4.74 Å². The Labute approximate surface area is 81.6 Å². The third-order valence-corrected chi connectivity index (χ3v) is 2.40. The van der Waals surface area contributed by atoms with Gasteiger partial charge in [-0.25, -0.2) is 0 Å². The van der Waals surface area contributed by atoms with Crippen molar-refractivity contribution in [1.29, 1.82) is 0 Å². The zero-order chi connectivity index (χ0) is 10.3. The number of methoxy groups -OCH3 is 1. The minimum atomic E-state index is -0.0643. The predicted molar refractivity (Wildman–Crippen MR) is 55.8 cm³/mol. The molecule has 0 aromatic carbocycles. The SMILES string of the molecule is CCCC(C)(C/C=C(\C)CO)OC. The first-order valence-electron chi connectivity index (χ1n) is 4.89. The van der Waals surface area contributed by atoms with E-state index in [1.807, 2.05) is 6.92 Å². The van der Waals surface area contributed by atoms with Gasteiger partial charge in [-0.2, -0.15) is 0 Å². The Morgan fingerprint density at radius 2 is 2.15 bits per heavy atom. The molecule has 0 spiro atoms. The zero-order valence-corrected chi connectivity index (χ0v) is 9.26. The van der Waals surface area contributed by atoms with Crippen LogP contribution in [0.15, 0.2) is 11.6 Å². The largest absolute Gasteiger partial charge is 0.392 e. The van der Waals surface area contributed by atoms with Gasteiger partial charge in [-0.05, 0) is 26.7 Å². The quantitative estimate of drug-likeness (QED) is 0.646. The van der Waals surface area contributed by atoms with E-state index >= 15 is 0 Å². The summed E-state index contributed by atoms with van der Waals surface area (Å²) in [5.74, 6) is 0. The molecule has 1 atom stereocenters. The molecular formula is C11H22O2. The number of aliphatic hydroxyl groups excluding tert-OH is 1. The van der Waals surface area contributed by atoms with Crippen molar-refractivity contribution in [1.82, 2.24) is 0 Å². The molecular weight excluding hydrogens is 164 g/mol. The predicted octanol–water partition coefficient (Wildman–Crippen LogP) is 2.52. The summed E-state index contributed by atoms with van der Waals surface area (Å²) in [6.45, 7) is 6.34. The van der Waals surface area contributed by atoms with E-state index in [1.165, 1.54) is 0 Å². The third kappa shape index (κ3) is 5.06. The van der Waals surface area contributed by atoms with Crippen molar-refractivity contribution < 1.29 is 9.84 Å². The molecule has 0 amide bonds. The highest BCUT2D eigenvalue weighted by molar-refractivity contribution is 5.00. The Morgan fingerprint density at radius 1 is 1.54 bits per heavy atom. The molecule has 2 heteroatoms. The van der Waals surface area contributed by atoms with E-state index < -0.39 is 0 Å². The second kappa shape index (κ2) is 6.17. The minimum absolute atomic E-state index is 0.0643. The van der Waals surface area contributed by atoms with Crippen LogP contribution < -0.4 is 0 Å². The number of rotatable bonds is 6. The van der Waals surface area contributed by atoms with Crippen molar-refractivity contribution in [2.45, 2.75) is 45.6 Å². The van der Waals surface area contributed by atoms with Crippen molar-refractivity contribution in [3.05, 3.63) is 11.6 Å². The first-order valence-corrected chi connectivity index (χ1v) is 4.89. The van der Waals surface area contributed by atoms with Gasteiger partial charge < -0.3 is 9.84 Å². The number of ether oxygens (including phenoxy) is 1. The molecule has 0 saturated heterocycles. The topological polar surface area (TPSA) is 29.5 Å². The van der Waals surface area contributed by atoms with E-state index in [-0.39, 0.29) is 12.2 Å². The van der Waals surface area contributed by atoms with Gasteiger partial charge in [-0.1, -0.05) is 25.0 Å². The lowest BCUT2D eigenvalue weighted by molar-refractivity contribution is 0.000720. The maximum atomic E-state index is 8.83. The molecule has 0 bridgehead atoms. The molecule has 13 heavy (non-hydrogen) atoms. The lowest BCUT2D eigenvalue weighted by Crippen LogP contribution is -2.26. The van der Waals surface area contributed by atoms with Crippen molar-refractivity contribution >= 4 is 0 Å². The Balaban J connectivity index is 4.11. The summed E-state index contributed by atoms with van der Waals surface area (Å²) in [6.07, 6.45) is 5.11. The van der Waals surface area contributed by atoms with Crippen molar-refractivity contribution in [2.75, 3.05) is 13.7 Å². The molecule has 0 radical (unpaired) electrons. The number of aliphatic hydroxyl groups is 1. The molecule has 0 fully saturated rings. The van der Waals surface area contributed by atoms with Crippen LogP contribution in [0.3, 0.4) is 0 Å². The van der Waals surface area contributed by atoms with Crippen LogP contribution in [0.4, 0.5) is 0 Å². The molecule has 0 rings (SSSR count). The van der Waals surface area contributed by atoms with Gasteiger partial charge in [-0.15, -0.1) is 0 Å². The van der Waals surface area contributed by atoms with Crippen LogP contribution in [0.25, 0.3) is 0 Å². The second-order valence-corrected chi connectivity index (χ2v) is 3.82. The van der Waals surface area contributed by atoms with Gasteiger partial charge in [0.05, 0.1) is 12.2 Å². The van der Waals surface area contributed by atoms with E-state index in [0.29, 0.717) is 0 Å². The Hall–Kier alpha value is -0.340. The number of hydrogen-bond acceptors (Lipinski definition) is 2. The van der Waals surface area contributed by atoms with Crippen molar-refractivity contribution in [3.63, 3.8) is 0 Å². The highest BCUT2D eigenvalue weighted by Crippen LogP contribution is 2.22. The van der Waals surface area contributed by atoms with Gasteiger partial charge >= 0.3 is 0 Å². The maximum Gasteiger partial charge on any atom is 0.0685 e. The summed E-state index contributed by atoms with van der Waals surface area (Å²) in [5.41, 5.74) is 0.949. The van der Waals surface area contributed by atoms with Crippen LogP contribution >= 0.6 is 0 Å². The summed E-state index contributed by atoms with van der Waals surface area (Å²) in [7, 11) is 1.75. The van der Waals surface area contributed by atoms with Crippen LogP contribution in [0, 0.1) is 0 Å². The summed E-state index contributed by atoms with van der Waals surface area (Å²) in [5, 5.41) is 8.83. The Morgan fingerprint density at radius 3 is 2.54 bits per heavy atom. The van der Waals surface area contributed by atoms with Crippen molar-refractivity contribution in [3.8, 4) is 0 Å². The fourth-order valence-corrected chi connectivity index (χ4v) is 1.27. The van der Waals surface area contributed by atoms with Gasteiger partial charge in [0.25, 0.3) is 0 Å². The average Bonchev–Trinajstić information content (AvgIpc) is 2.15. The van der Waals surface area contributed by atoms with Gasteiger partial charge in [0, 0.05) is 7.11 Å². The first kappa shape index (κ1) is 12.7. The molecule has 0 aromatic rings. The molecule has 0 aromatic heterocycles. The van der Waals surface area contributed by atoms with Crippen molar-refractivity contribution in [2.24, 2.45) is 0 Å². The fourth-order valence-electron chi connectivity index (χ4n) is 1.27. The van der Waals surface area contributed by atoms with E-state index in [4.69, 9.17) is 9.84 Å². The second-order valence-electron chi connectivity index (χ2n) is 3.82. The lowest BCUT2D eigenvalue weighted by Gasteiger charge is -2.26. The Kier molecular flexibility index (Phi) is 6.00. The maximum absolute atomic E-state index is 8.83. The molecule has 0 aliphatic rings. The monoisotopic (exact) mass is 186 g/mol. The highest BCUT2D eigenvalue weighted by atomic mass is 16.5. The zero-order valence-electron chi connectivity index (χ0n) is 9.26. The van der Waals surface area contributed by atoms with E-state index in [0.717, 1.165) is 24.8 Å².